The molecular weight excluding hydrogens is 502 g/mol. The van der Waals surface area contributed by atoms with Crippen LogP contribution >= 0.6 is 0 Å². The molecule has 3 heteroatoms. The van der Waals surface area contributed by atoms with Gasteiger partial charge in [0, 0.05) is 25.8 Å². The molecule has 2 aromatic carbocycles. The summed E-state index contributed by atoms with van der Waals surface area (Å²) in [5.74, 6) is 0. The first-order chi connectivity index (χ1) is 10.3. The Bertz CT molecular complexity index is 582. The molecule has 1 aliphatic carbocycles. The summed E-state index contributed by atoms with van der Waals surface area (Å²) in [6.45, 7) is 4.51. The summed E-state index contributed by atoms with van der Waals surface area (Å²) in [5, 5.41) is 0. The monoisotopic (exact) mass is 527 g/mol. The van der Waals surface area contributed by atoms with Crippen LogP contribution in [-0.4, -0.2) is 0 Å². The van der Waals surface area contributed by atoms with E-state index in [0.717, 1.165) is 6.42 Å². The molecule has 0 nitrogen and oxygen atoms in total. The molecule has 0 atom stereocenters. The molecule has 0 heterocycles. The van der Waals surface area contributed by atoms with Gasteiger partial charge in [-0.1, -0.05) is 63.3 Å². The SMILES string of the molecule is CCCCc1[c-]c2c(cc1)-c1ccc(CCCC)cc1C2.[Cl-].[Cl-].[Hf]. The Hall–Kier alpha value is -0.110. The van der Waals surface area contributed by atoms with E-state index in [1.54, 1.807) is 0 Å². The molecule has 0 N–H and O–H groups in total. The summed E-state index contributed by atoms with van der Waals surface area (Å²) in [6, 6.07) is 15.3. The molecule has 24 heavy (non-hydrogen) atoms. The smallest absolute Gasteiger partial charge is 0 e. The van der Waals surface area contributed by atoms with Crippen LogP contribution in [0.3, 0.4) is 0 Å². The van der Waals surface area contributed by atoms with Crippen molar-refractivity contribution in [3.63, 3.8) is 0 Å². The van der Waals surface area contributed by atoms with Gasteiger partial charge in [0.2, 0.25) is 0 Å². The maximum atomic E-state index is 3.67. The summed E-state index contributed by atoms with van der Waals surface area (Å²) in [7, 11) is 0. The van der Waals surface area contributed by atoms with Crippen molar-refractivity contribution in [3.8, 4) is 11.1 Å². The van der Waals surface area contributed by atoms with Gasteiger partial charge in [-0.3, -0.25) is 0 Å². The van der Waals surface area contributed by atoms with Crippen LogP contribution in [0.5, 0.6) is 0 Å². The predicted octanol–water partition coefficient (Wildman–Crippen LogP) is -0.251. The van der Waals surface area contributed by atoms with Crippen molar-refractivity contribution in [2.45, 2.75) is 58.8 Å². The van der Waals surface area contributed by atoms with Crippen LogP contribution in [-0.2, 0) is 45.1 Å². The average Bonchev–Trinajstić information content (AvgIpc) is 2.87. The topological polar surface area (TPSA) is 0 Å². The van der Waals surface area contributed by atoms with Crippen molar-refractivity contribution in [2.75, 3.05) is 0 Å². The molecule has 130 valence electrons. The van der Waals surface area contributed by atoms with Crippen molar-refractivity contribution in [3.05, 3.63) is 58.7 Å². The minimum absolute atomic E-state index is 0. The number of hydrogen-bond acceptors (Lipinski definition) is 0. The Balaban J connectivity index is 0.00000176. The quantitative estimate of drug-likeness (QED) is 0.307. The third kappa shape index (κ3) is 5.44. The van der Waals surface area contributed by atoms with E-state index >= 15 is 0 Å². The Kier molecular flexibility index (Phi) is 11.4. The third-order valence-corrected chi connectivity index (χ3v) is 4.53. The van der Waals surface area contributed by atoms with Gasteiger partial charge in [0.05, 0.1) is 0 Å². The van der Waals surface area contributed by atoms with Crippen molar-refractivity contribution in [2.24, 2.45) is 0 Å². The molecule has 1 aliphatic rings. The molecule has 0 saturated carbocycles. The summed E-state index contributed by atoms with van der Waals surface area (Å²) >= 11 is 0. The predicted molar refractivity (Wildman–Crippen MR) is 90.7 cm³/mol. The van der Waals surface area contributed by atoms with Crippen LogP contribution in [0.15, 0.2) is 30.3 Å². The van der Waals surface area contributed by atoms with Gasteiger partial charge < -0.3 is 24.8 Å². The summed E-state index contributed by atoms with van der Waals surface area (Å²) in [4.78, 5) is 0. The fourth-order valence-electron chi connectivity index (χ4n) is 3.28. The zero-order valence-corrected chi connectivity index (χ0v) is 19.7. The molecule has 0 amide bonds. The van der Waals surface area contributed by atoms with Crippen LogP contribution in [0.4, 0.5) is 0 Å². The number of unbranched alkanes of at least 4 members (excludes halogenated alkanes) is 2. The van der Waals surface area contributed by atoms with Gasteiger partial charge >= 0.3 is 0 Å². The molecule has 0 unspecified atom stereocenters. The van der Waals surface area contributed by atoms with Crippen LogP contribution in [0.1, 0.15) is 61.8 Å². The number of halogens is 2. The summed E-state index contributed by atoms with van der Waals surface area (Å²) in [5.41, 5.74) is 8.63. The van der Waals surface area contributed by atoms with E-state index in [0.29, 0.717) is 0 Å². The van der Waals surface area contributed by atoms with Crippen molar-refractivity contribution in [1.82, 2.24) is 0 Å². The van der Waals surface area contributed by atoms with Gasteiger partial charge in [0.1, 0.15) is 0 Å². The standard InChI is InChI=1S/C21H25.2ClH.Hf/c1-3-5-7-16-9-11-20-18(13-16)15-19-14-17(8-6-4-2)10-12-21(19)20;;;/h9-13H,3-8,15H2,1-2H3;2*1H;/q-1;;;/p-2. The molecule has 0 radical (unpaired) electrons. The van der Waals surface area contributed by atoms with Gasteiger partial charge in [0.15, 0.2) is 0 Å². The second-order valence-electron chi connectivity index (χ2n) is 6.25. The van der Waals surface area contributed by atoms with Gasteiger partial charge in [0.25, 0.3) is 0 Å². The second-order valence-corrected chi connectivity index (χ2v) is 6.25. The Morgan fingerprint density at radius 1 is 0.875 bits per heavy atom. The first-order valence-corrected chi connectivity index (χ1v) is 8.48. The minimum atomic E-state index is 0. The Morgan fingerprint density at radius 3 is 2.25 bits per heavy atom. The second kappa shape index (κ2) is 11.5. The van der Waals surface area contributed by atoms with Gasteiger partial charge in [-0.25, -0.2) is 0 Å². The first-order valence-electron chi connectivity index (χ1n) is 8.48. The van der Waals surface area contributed by atoms with E-state index in [9.17, 15) is 0 Å². The Labute approximate surface area is 178 Å². The fraction of sp³-hybridized carbons (Fsp3) is 0.429. The molecular formula is C21H25Cl2Hf-3. The zero-order chi connectivity index (χ0) is 14.7. The van der Waals surface area contributed by atoms with Crippen LogP contribution in [0.25, 0.3) is 11.1 Å². The maximum Gasteiger partial charge on any atom is 0 e. The van der Waals surface area contributed by atoms with E-state index in [2.05, 4.69) is 50.2 Å². The number of fused-ring (bicyclic) bond motifs is 3. The van der Waals surface area contributed by atoms with Crippen LogP contribution in [0.2, 0.25) is 0 Å². The van der Waals surface area contributed by atoms with E-state index in [-0.39, 0.29) is 50.7 Å². The van der Waals surface area contributed by atoms with E-state index < -0.39 is 0 Å². The zero-order valence-electron chi connectivity index (χ0n) is 14.6. The van der Waals surface area contributed by atoms with E-state index in [1.807, 2.05) is 0 Å². The third-order valence-electron chi connectivity index (χ3n) is 4.53. The van der Waals surface area contributed by atoms with Gasteiger partial charge in [-0.15, -0.1) is 11.1 Å². The number of benzene rings is 2. The molecule has 0 bridgehead atoms. The van der Waals surface area contributed by atoms with Crippen LogP contribution < -0.4 is 24.8 Å². The molecule has 0 fully saturated rings. The van der Waals surface area contributed by atoms with E-state index in [1.165, 1.54) is 71.9 Å². The Morgan fingerprint density at radius 2 is 1.54 bits per heavy atom. The maximum absolute atomic E-state index is 3.67. The van der Waals surface area contributed by atoms with Crippen molar-refractivity contribution in [1.29, 1.82) is 0 Å². The summed E-state index contributed by atoms with van der Waals surface area (Å²) in [6.07, 6.45) is 8.54. The number of rotatable bonds is 6. The van der Waals surface area contributed by atoms with Crippen LogP contribution in [0, 0.1) is 6.07 Å². The first kappa shape index (κ1) is 23.9. The minimum Gasteiger partial charge on any atom is -1.00 e. The normalized spacial score (nSPS) is 10.8. The largest absolute Gasteiger partial charge is 1.00 e. The van der Waals surface area contributed by atoms with Crippen molar-refractivity contribution < 1.29 is 50.7 Å². The molecule has 2 aromatic rings. The number of aryl methyl sites for hydroxylation is 2. The van der Waals surface area contributed by atoms with E-state index in [4.69, 9.17) is 0 Å². The summed E-state index contributed by atoms with van der Waals surface area (Å²) < 4.78 is 0. The van der Waals surface area contributed by atoms with Gasteiger partial charge in [-0.05, 0) is 30.4 Å². The molecule has 0 aromatic heterocycles. The van der Waals surface area contributed by atoms with Gasteiger partial charge in [-0.2, -0.15) is 23.8 Å². The average molecular weight is 527 g/mol. The fourth-order valence-corrected chi connectivity index (χ4v) is 3.28. The molecule has 0 spiro atoms. The van der Waals surface area contributed by atoms with Crippen molar-refractivity contribution >= 4 is 0 Å². The molecule has 0 aliphatic heterocycles. The molecule has 3 rings (SSSR count). The molecule has 0 saturated heterocycles. The number of hydrogen-bond donors (Lipinski definition) is 0.